The van der Waals surface area contributed by atoms with Crippen molar-refractivity contribution in [1.29, 1.82) is 0 Å². The zero-order valence-corrected chi connectivity index (χ0v) is 15.4. The van der Waals surface area contributed by atoms with Crippen LogP contribution in [0.2, 0.25) is 0 Å². The number of thiazole rings is 1. The van der Waals surface area contributed by atoms with Crippen LogP contribution in [0.15, 0.2) is 22.8 Å². The Labute approximate surface area is 142 Å². The lowest BCUT2D eigenvalue weighted by molar-refractivity contribution is 0.463. The lowest BCUT2D eigenvalue weighted by Crippen LogP contribution is -2.38. The molecule has 7 heteroatoms. The lowest BCUT2D eigenvalue weighted by Gasteiger charge is -2.21. The first-order chi connectivity index (χ1) is 11.0. The van der Waals surface area contributed by atoms with E-state index in [4.69, 9.17) is 0 Å². The van der Waals surface area contributed by atoms with Crippen LogP contribution in [0.4, 0.5) is 0 Å². The van der Waals surface area contributed by atoms with Crippen LogP contribution in [0.25, 0.3) is 0 Å². The second-order valence-corrected chi connectivity index (χ2v) is 7.07. The third-order valence-electron chi connectivity index (χ3n) is 3.41. The number of nitrogens with zero attached hydrogens (tertiary/aromatic N) is 5. The summed E-state index contributed by atoms with van der Waals surface area (Å²) in [5.74, 6) is 2.46. The van der Waals surface area contributed by atoms with Crippen LogP contribution >= 0.6 is 11.3 Å². The summed E-state index contributed by atoms with van der Waals surface area (Å²) >= 11 is 1.67. The predicted octanol–water partition coefficient (Wildman–Crippen LogP) is 2.51. The molecule has 0 amide bonds. The molecular weight excluding hydrogens is 308 g/mol. The first kappa shape index (κ1) is 17.5. The molecule has 0 aromatic carbocycles. The van der Waals surface area contributed by atoms with Crippen LogP contribution in [0.3, 0.4) is 0 Å². The highest BCUT2D eigenvalue weighted by molar-refractivity contribution is 7.09. The predicted molar refractivity (Wildman–Crippen MR) is 95.6 cm³/mol. The van der Waals surface area contributed by atoms with Gasteiger partial charge in [0.1, 0.15) is 5.82 Å². The molecule has 0 spiro atoms. The van der Waals surface area contributed by atoms with Crippen LogP contribution in [0, 0.1) is 12.8 Å². The number of hydrogen-bond acceptors (Lipinski definition) is 4. The fourth-order valence-electron chi connectivity index (χ4n) is 2.41. The molecule has 23 heavy (non-hydrogen) atoms. The molecule has 126 valence electrons. The standard InChI is InChI=1S/C16H26N6S/c1-12(2)9-22-7-6-18-15(22)8-19-16(17-4)21(5)10-14-11-23-13(3)20-14/h6-7,11-12H,8-10H2,1-5H3,(H,17,19). The van der Waals surface area contributed by atoms with Crippen molar-refractivity contribution in [3.8, 4) is 0 Å². The Bertz CT molecular complexity index is 643. The van der Waals surface area contributed by atoms with Gasteiger partial charge in [0.05, 0.1) is 23.8 Å². The first-order valence-electron chi connectivity index (χ1n) is 7.82. The highest BCUT2D eigenvalue weighted by Crippen LogP contribution is 2.10. The largest absolute Gasteiger partial charge is 0.349 e. The summed E-state index contributed by atoms with van der Waals surface area (Å²) in [4.78, 5) is 15.4. The molecule has 2 rings (SSSR count). The van der Waals surface area contributed by atoms with Gasteiger partial charge in [-0.25, -0.2) is 9.97 Å². The molecular formula is C16H26N6S. The molecule has 0 aliphatic rings. The van der Waals surface area contributed by atoms with Crippen molar-refractivity contribution in [3.05, 3.63) is 34.3 Å². The van der Waals surface area contributed by atoms with Crippen LogP contribution in [0.5, 0.6) is 0 Å². The number of aryl methyl sites for hydroxylation is 1. The summed E-state index contributed by atoms with van der Waals surface area (Å²) in [5, 5.41) is 6.56. The van der Waals surface area contributed by atoms with Gasteiger partial charge in [-0.2, -0.15) is 0 Å². The van der Waals surface area contributed by atoms with Crippen molar-refractivity contribution >= 4 is 17.3 Å². The van der Waals surface area contributed by atoms with Crippen LogP contribution < -0.4 is 5.32 Å². The third kappa shape index (κ3) is 5.06. The topological polar surface area (TPSA) is 58.3 Å². The Kier molecular flexibility index (Phi) is 6.15. The molecule has 2 aromatic rings. The van der Waals surface area contributed by atoms with Crippen molar-refractivity contribution in [3.63, 3.8) is 0 Å². The number of imidazole rings is 1. The summed E-state index contributed by atoms with van der Waals surface area (Å²) in [6.07, 6.45) is 3.88. The smallest absolute Gasteiger partial charge is 0.194 e. The summed E-state index contributed by atoms with van der Waals surface area (Å²) in [5.41, 5.74) is 1.07. The molecule has 0 fully saturated rings. The minimum absolute atomic E-state index is 0.595. The summed E-state index contributed by atoms with van der Waals surface area (Å²) < 4.78 is 2.19. The Balaban J connectivity index is 1.93. The Morgan fingerprint density at radius 3 is 2.87 bits per heavy atom. The fraction of sp³-hybridized carbons (Fsp3) is 0.562. The summed E-state index contributed by atoms with van der Waals surface area (Å²) in [6, 6.07) is 0. The van der Waals surface area contributed by atoms with Gasteiger partial charge in [0.25, 0.3) is 0 Å². The number of rotatable bonds is 6. The van der Waals surface area contributed by atoms with E-state index in [1.807, 2.05) is 26.4 Å². The average molecular weight is 334 g/mol. The second kappa shape index (κ2) is 8.10. The Hall–Kier alpha value is -1.89. The molecule has 2 heterocycles. The maximum atomic E-state index is 4.50. The average Bonchev–Trinajstić information content (AvgIpc) is 3.08. The maximum Gasteiger partial charge on any atom is 0.194 e. The molecule has 2 aromatic heterocycles. The van der Waals surface area contributed by atoms with Crippen molar-refractivity contribution in [1.82, 2.24) is 24.8 Å². The number of aliphatic imine (C=N–C) groups is 1. The normalized spacial score (nSPS) is 12.0. The van der Waals surface area contributed by atoms with E-state index in [0.29, 0.717) is 12.5 Å². The Morgan fingerprint density at radius 2 is 2.26 bits per heavy atom. The molecule has 0 saturated carbocycles. The van der Waals surface area contributed by atoms with Gasteiger partial charge in [0.2, 0.25) is 0 Å². The van der Waals surface area contributed by atoms with E-state index in [0.717, 1.165) is 35.6 Å². The van der Waals surface area contributed by atoms with E-state index in [9.17, 15) is 0 Å². The zero-order valence-electron chi connectivity index (χ0n) is 14.6. The third-order valence-corrected chi connectivity index (χ3v) is 4.23. The highest BCUT2D eigenvalue weighted by Gasteiger charge is 2.10. The van der Waals surface area contributed by atoms with Crippen LogP contribution in [-0.4, -0.2) is 39.5 Å². The molecule has 0 atom stereocenters. The summed E-state index contributed by atoms with van der Waals surface area (Å²) in [7, 11) is 3.82. The molecule has 0 bridgehead atoms. The van der Waals surface area contributed by atoms with Gasteiger partial charge in [-0.3, -0.25) is 4.99 Å². The van der Waals surface area contributed by atoms with Crippen LogP contribution in [0.1, 0.15) is 30.4 Å². The van der Waals surface area contributed by atoms with Crippen molar-refractivity contribution in [2.24, 2.45) is 10.9 Å². The first-order valence-corrected chi connectivity index (χ1v) is 8.70. The molecule has 1 N–H and O–H groups in total. The number of nitrogens with one attached hydrogen (secondary N) is 1. The maximum absolute atomic E-state index is 4.50. The minimum atomic E-state index is 0.595. The van der Waals surface area contributed by atoms with Crippen molar-refractivity contribution < 1.29 is 0 Å². The Morgan fingerprint density at radius 1 is 1.48 bits per heavy atom. The van der Waals surface area contributed by atoms with E-state index >= 15 is 0 Å². The van der Waals surface area contributed by atoms with Gasteiger partial charge in [0, 0.05) is 38.4 Å². The molecule has 0 unspecified atom stereocenters. The molecule has 0 radical (unpaired) electrons. The van der Waals surface area contributed by atoms with E-state index in [1.54, 1.807) is 18.4 Å². The quantitative estimate of drug-likeness (QED) is 0.651. The van der Waals surface area contributed by atoms with Gasteiger partial charge >= 0.3 is 0 Å². The SMILES string of the molecule is CN=C(NCc1nccn1CC(C)C)N(C)Cc1csc(C)n1. The van der Waals surface area contributed by atoms with Gasteiger partial charge in [-0.15, -0.1) is 11.3 Å². The van der Waals surface area contributed by atoms with Crippen molar-refractivity contribution in [2.45, 2.75) is 40.4 Å². The van der Waals surface area contributed by atoms with Crippen LogP contribution in [-0.2, 0) is 19.6 Å². The molecule has 0 aliphatic carbocycles. The fourth-order valence-corrected chi connectivity index (χ4v) is 3.01. The van der Waals surface area contributed by atoms with E-state index in [1.165, 1.54) is 0 Å². The summed E-state index contributed by atoms with van der Waals surface area (Å²) in [6.45, 7) is 8.82. The van der Waals surface area contributed by atoms with Gasteiger partial charge < -0.3 is 14.8 Å². The van der Waals surface area contributed by atoms with Crippen molar-refractivity contribution in [2.75, 3.05) is 14.1 Å². The van der Waals surface area contributed by atoms with E-state index < -0.39 is 0 Å². The second-order valence-electron chi connectivity index (χ2n) is 6.00. The molecule has 0 aliphatic heterocycles. The van der Waals surface area contributed by atoms with Gasteiger partial charge in [-0.05, 0) is 12.8 Å². The van der Waals surface area contributed by atoms with Gasteiger partial charge in [-0.1, -0.05) is 13.8 Å². The molecule has 0 saturated heterocycles. The minimum Gasteiger partial charge on any atom is -0.349 e. The van der Waals surface area contributed by atoms with E-state index in [2.05, 4.69) is 49.0 Å². The zero-order chi connectivity index (χ0) is 16.8. The number of guanidine groups is 1. The lowest BCUT2D eigenvalue weighted by atomic mass is 10.2. The highest BCUT2D eigenvalue weighted by atomic mass is 32.1. The number of aromatic nitrogens is 3. The molecule has 6 nitrogen and oxygen atoms in total. The monoisotopic (exact) mass is 334 g/mol. The van der Waals surface area contributed by atoms with Gasteiger partial charge in [0.15, 0.2) is 5.96 Å². The number of hydrogen-bond donors (Lipinski definition) is 1. The van der Waals surface area contributed by atoms with E-state index in [-0.39, 0.29) is 0 Å².